The summed E-state index contributed by atoms with van der Waals surface area (Å²) in [6.07, 6.45) is 4.97. The maximum Gasteiger partial charge on any atom is 0.274 e. The minimum Gasteiger partial charge on any atom is -0.461 e. The summed E-state index contributed by atoms with van der Waals surface area (Å²) in [5.41, 5.74) is 3.72. The van der Waals surface area contributed by atoms with Crippen LogP contribution in [0.3, 0.4) is 0 Å². The van der Waals surface area contributed by atoms with E-state index in [4.69, 9.17) is 4.42 Å². The van der Waals surface area contributed by atoms with Crippen molar-refractivity contribution in [1.82, 2.24) is 9.78 Å². The van der Waals surface area contributed by atoms with E-state index in [1.807, 2.05) is 30.3 Å². The molecule has 29 heavy (non-hydrogen) atoms. The highest BCUT2D eigenvalue weighted by atomic mass is 16.3. The molecule has 4 aromatic rings. The van der Waals surface area contributed by atoms with Crippen molar-refractivity contribution < 1.29 is 9.21 Å². The summed E-state index contributed by atoms with van der Waals surface area (Å²) in [5.74, 6) is 1.19. The van der Waals surface area contributed by atoms with Gasteiger partial charge in [-0.15, -0.1) is 0 Å². The predicted octanol–water partition coefficient (Wildman–Crippen LogP) is 3.91. The molecule has 1 aliphatic carbocycles. The third-order valence-electron chi connectivity index (χ3n) is 5.82. The summed E-state index contributed by atoms with van der Waals surface area (Å²) < 4.78 is 7.31. The molecule has 1 aliphatic rings. The number of hydrogen-bond acceptors (Lipinski definition) is 4. The molecule has 0 aliphatic heterocycles. The van der Waals surface area contributed by atoms with Crippen LogP contribution < -0.4 is 5.56 Å². The Labute approximate surface area is 168 Å². The minimum absolute atomic E-state index is 0.0815. The van der Waals surface area contributed by atoms with Crippen LogP contribution in [0.4, 0.5) is 0 Å². The van der Waals surface area contributed by atoms with Crippen molar-refractivity contribution in [3.63, 3.8) is 0 Å². The molecule has 0 fully saturated rings. The minimum atomic E-state index is -0.146. The highest BCUT2D eigenvalue weighted by molar-refractivity contribution is 5.91. The molecule has 2 aromatic carbocycles. The summed E-state index contributed by atoms with van der Waals surface area (Å²) in [7, 11) is 1.62. The van der Waals surface area contributed by atoms with E-state index in [1.165, 1.54) is 23.1 Å². The Balaban J connectivity index is 1.43. The van der Waals surface area contributed by atoms with E-state index >= 15 is 0 Å². The van der Waals surface area contributed by atoms with Crippen LogP contribution in [0.2, 0.25) is 0 Å². The molecule has 0 saturated heterocycles. The van der Waals surface area contributed by atoms with E-state index in [1.54, 1.807) is 13.1 Å². The topological polar surface area (TPSA) is 65.1 Å². The van der Waals surface area contributed by atoms with Gasteiger partial charge in [-0.25, -0.2) is 4.68 Å². The van der Waals surface area contributed by atoms with E-state index in [0.717, 1.165) is 40.5 Å². The highest BCUT2D eigenvalue weighted by Gasteiger charge is 2.19. The standard InChI is InChI=1S/C24H22N2O3/c1-26-24(28)19-8-3-2-6-17(19)21(25-26)14-16(27)12-15-10-11-23-20(13-15)18-7-4-5-9-22(18)29-23/h2-3,6,8,10-11,13H,4-5,7,9,12,14H2,1H3. The molecule has 2 heterocycles. The van der Waals surface area contributed by atoms with Crippen molar-refractivity contribution in [3.8, 4) is 0 Å². The zero-order valence-corrected chi connectivity index (χ0v) is 16.4. The number of rotatable bonds is 4. The summed E-state index contributed by atoms with van der Waals surface area (Å²) in [4.78, 5) is 25.1. The summed E-state index contributed by atoms with van der Waals surface area (Å²) in [5, 5.41) is 6.85. The van der Waals surface area contributed by atoms with E-state index in [0.29, 0.717) is 17.5 Å². The second-order valence-corrected chi connectivity index (χ2v) is 7.85. The molecule has 0 saturated carbocycles. The normalized spacial score (nSPS) is 13.7. The van der Waals surface area contributed by atoms with E-state index in [2.05, 4.69) is 11.2 Å². The number of carbonyl (C=O) groups is 1. The number of ketones is 1. The molecule has 0 atom stereocenters. The van der Waals surface area contributed by atoms with Crippen molar-refractivity contribution >= 4 is 27.5 Å². The third kappa shape index (κ3) is 3.16. The number of hydrogen-bond donors (Lipinski definition) is 0. The number of aryl methyl sites for hydroxylation is 3. The molecule has 5 nitrogen and oxygen atoms in total. The van der Waals surface area contributed by atoms with Crippen LogP contribution in [0.5, 0.6) is 0 Å². The number of carbonyl (C=O) groups excluding carboxylic acids is 1. The lowest BCUT2D eigenvalue weighted by molar-refractivity contribution is -0.117. The van der Waals surface area contributed by atoms with Gasteiger partial charge in [0.05, 0.1) is 17.5 Å². The molecule has 0 N–H and O–H groups in total. The molecule has 146 valence electrons. The first kappa shape index (κ1) is 17.9. The van der Waals surface area contributed by atoms with Gasteiger partial charge in [-0.3, -0.25) is 9.59 Å². The zero-order chi connectivity index (χ0) is 20.0. The maximum absolute atomic E-state index is 12.8. The van der Waals surface area contributed by atoms with E-state index < -0.39 is 0 Å². The first-order chi connectivity index (χ1) is 14.1. The maximum atomic E-state index is 12.8. The average molecular weight is 386 g/mol. The van der Waals surface area contributed by atoms with Gasteiger partial charge in [-0.05, 0) is 43.0 Å². The fourth-order valence-corrected chi connectivity index (χ4v) is 4.40. The Morgan fingerprint density at radius 3 is 2.69 bits per heavy atom. The van der Waals surface area contributed by atoms with E-state index in [9.17, 15) is 9.59 Å². The molecule has 5 heteroatoms. The first-order valence-electron chi connectivity index (χ1n) is 10.1. The van der Waals surface area contributed by atoms with Gasteiger partial charge in [0, 0.05) is 36.2 Å². The van der Waals surface area contributed by atoms with Crippen molar-refractivity contribution in [3.05, 3.63) is 75.4 Å². The van der Waals surface area contributed by atoms with Crippen LogP contribution in [-0.4, -0.2) is 15.6 Å². The molecule has 0 unspecified atom stereocenters. The molecule has 0 bridgehead atoms. The Bertz CT molecular complexity index is 1310. The Morgan fingerprint density at radius 2 is 1.83 bits per heavy atom. The number of benzene rings is 2. The van der Waals surface area contributed by atoms with Crippen LogP contribution in [0, 0.1) is 0 Å². The number of nitrogens with zero attached hydrogens (tertiary/aromatic N) is 2. The van der Waals surface area contributed by atoms with Crippen LogP contribution in [0.15, 0.2) is 51.7 Å². The van der Waals surface area contributed by atoms with Crippen LogP contribution >= 0.6 is 0 Å². The molecule has 2 aromatic heterocycles. The van der Waals surface area contributed by atoms with Crippen LogP contribution in [0.1, 0.15) is 35.4 Å². The largest absolute Gasteiger partial charge is 0.461 e. The fourth-order valence-electron chi connectivity index (χ4n) is 4.40. The fraction of sp³-hybridized carbons (Fsp3) is 0.292. The number of furan rings is 1. The van der Waals surface area contributed by atoms with E-state index in [-0.39, 0.29) is 17.8 Å². The molecule has 5 rings (SSSR count). The third-order valence-corrected chi connectivity index (χ3v) is 5.82. The van der Waals surface area contributed by atoms with Gasteiger partial charge in [0.25, 0.3) is 5.56 Å². The van der Waals surface area contributed by atoms with Crippen molar-refractivity contribution in [2.45, 2.75) is 38.5 Å². The first-order valence-corrected chi connectivity index (χ1v) is 10.1. The Kier molecular flexibility index (Phi) is 4.31. The van der Waals surface area contributed by atoms with Crippen molar-refractivity contribution in [2.75, 3.05) is 0 Å². The second kappa shape index (κ2) is 6.99. The monoisotopic (exact) mass is 386 g/mol. The molecular weight excluding hydrogens is 364 g/mol. The summed E-state index contributed by atoms with van der Waals surface area (Å²) >= 11 is 0. The summed E-state index contributed by atoms with van der Waals surface area (Å²) in [6, 6.07) is 13.4. The number of fused-ring (bicyclic) bond motifs is 4. The quantitative estimate of drug-likeness (QED) is 0.533. The lowest BCUT2D eigenvalue weighted by Crippen LogP contribution is -2.22. The SMILES string of the molecule is Cn1nc(CC(=O)Cc2ccc3oc4c(c3c2)CCCC4)c2ccccc2c1=O. The van der Waals surface area contributed by atoms with Crippen molar-refractivity contribution in [1.29, 1.82) is 0 Å². The Morgan fingerprint density at radius 1 is 1.03 bits per heavy atom. The lowest BCUT2D eigenvalue weighted by atomic mass is 9.94. The number of aromatic nitrogens is 2. The van der Waals surface area contributed by atoms with Gasteiger partial charge < -0.3 is 4.42 Å². The predicted molar refractivity (Wildman–Crippen MR) is 112 cm³/mol. The average Bonchev–Trinajstić information content (AvgIpc) is 3.10. The van der Waals surface area contributed by atoms with Gasteiger partial charge in [-0.1, -0.05) is 24.3 Å². The van der Waals surface area contributed by atoms with Crippen LogP contribution in [-0.2, 0) is 37.5 Å². The molecule has 0 spiro atoms. The molecule has 0 radical (unpaired) electrons. The smallest absolute Gasteiger partial charge is 0.274 e. The van der Waals surface area contributed by atoms with Gasteiger partial charge >= 0.3 is 0 Å². The van der Waals surface area contributed by atoms with Gasteiger partial charge in [0.1, 0.15) is 17.1 Å². The van der Waals surface area contributed by atoms with Gasteiger partial charge in [-0.2, -0.15) is 5.10 Å². The van der Waals surface area contributed by atoms with Gasteiger partial charge in [0.15, 0.2) is 0 Å². The molecule has 0 amide bonds. The van der Waals surface area contributed by atoms with Gasteiger partial charge in [0.2, 0.25) is 0 Å². The van der Waals surface area contributed by atoms with Crippen molar-refractivity contribution in [2.24, 2.45) is 7.05 Å². The zero-order valence-electron chi connectivity index (χ0n) is 16.4. The Hall–Kier alpha value is -3.21. The lowest BCUT2D eigenvalue weighted by Gasteiger charge is -2.09. The number of Topliss-reactive ketones (excluding diaryl/α,β-unsaturated/α-hetero) is 1. The van der Waals surface area contributed by atoms with Crippen LogP contribution in [0.25, 0.3) is 21.7 Å². The molecular formula is C24H22N2O3. The summed E-state index contributed by atoms with van der Waals surface area (Å²) in [6.45, 7) is 0. The highest BCUT2D eigenvalue weighted by Crippen LogP contribution is 2.32. The second-order valence-electron chi connectivity index (χ2n) is 7.85.